The van der Waals surface area contributed by atoms with E-state index in [1.165, 1.54) is 24.6 Å². The van der Waals surface area contributed by atoms with Gasteiger partial charge in [-0.1, -0.05) is 11.6 Å². The summed E-state index contributed by atoms with van der Waals surface area (Å²) in [5.74, 6) is -0.399. The van der Waals surface area contributed by atoms with E-state index in [2.05, 4.69) is 25.1 Å². The number of nitrogens with one attached hydrogen (secondary N) is 2. The zero-order valence-electron chi connectivity index (χ0n) is 18.5. The Bertz CT molecular complexity index is 1500. The second-order valence-electron chi connectivity index (χ2n) is 8.06. The van der Waals surface area contributed by atoms with Gasteiger partial charge < -0.3 is 10.1 Å². The van der Waals surface area contributed by atoms with Crippen LogP contribution < -0.4 is 10.0 Å². The molecule has 1 saturated carbocycles. The Morgan fingerprint density at radius 2 is 2.11 bits per heavy atom. The first-order chi connectivity index (χ1) is 16.8. The third-order valence-electron chi connectivity index (χ3n) is 5.45. The Morgan fingerprint density at radius 3 is 2.89 bits per heavy atom. The van der Waals surface area contributed by atoms with Crippen molar-refractivity contribution in [3.8, 4) is 10.4 Å². The van der Waals surface area contributed by atoms with Gasteiger partial charge in [-0.25, -0.2) is 17.9 Å². The monoisotopic (exact) mass is 532 g/mol. The van der Waals surface area contributed by atoms with Crippen LogP contribution in [0.2, 0.25) is 5.02 Å². The first kappa shape index (κ1) is 23.7. The van der Waals surface area contributed by atoms with Gasteiger partial charge >= 0.3 is 0 Å². The SMILES string of the molecule is COC[C@@H](NC(=O)c1ncc(-c2cnn3ccc(Cl)cc23)s1)c1cc(NS(=O)(=O)C2CC2)ccn1. The summed E-state index contributed by atoms with van der Waals surface area (Å²) in [7, 11) is -1.91. The van der Waals surface area contributed by atoms with Crippen molar-refractivity contribution in [3.05, 3.63) is 64.8 Å². The summed E-state index contributed by atoms with van der Waals surface area (Å²) in [6.45, 7) is 0.141. The topological polar surface area (TPSA) is 128 Å². The Balaban J connectivity index is 1.35. The van der Waals surface area contributed by atoms with Gasteiger partial charge in [-0.2, -0.15) is 5.10 Å². The number of amides is 1. The number of ether oxygens (including phenoxy) is 1. The van der Waals surface area contributed by atoms with Gasteiger partial charge in [0.1, 0.15) is 0 Å². The van der Waals surface area contributed by atoms with E-state index in [0.29, 0.717) is 29.2 Å². The molecule has 1 amide bonds. The van der Waals surface area contributed by atoms with Crippen LogP contribution >= 0.6 is 22.9 Å². The fourth-order valence-corrected chi connectivity index (χ4v) is 5.94. The lowest BCUT2D eigenvalue weighted by atomic mass is 10.2. The van der Waals surface area contributed by atoms with Crippen molar-refractivity contribution in [2.45, 2.75) is 24.1 Å². The van der Waals surface area contributed by atoms with Crippen molar-refractivity contribution >= 4 is 50.1 Å². The molecule has 4 aromatic heterocycles. The third-order valence-corrected chi connectivity index (χ3v) is 8.58. The molecule has 1 aliphatic carbocycles. The number of carbonyl (C=O) groups excluding carboxylic acids is 1. The Kier molecular flexibility index (Phi) is 6.45. The second kappa shape index (κ2) is 9.53. The van der Waals surface area contributed by atoms with E-state index in [4.69, 9.17) is 16.3 Å². The number of halogens is 1. The van der Waals surface area contributed by atoms with Crippen LogP contribution in [-0.4, -0.2) is 52.9 Å². The largest absolute Gasteiger partial charge is 0.382 e. The van der Waals surface area contributed by atoms with Crippen LogP contribution in [0.4, 0.5) is 5.69 Å². The van der Waals surface area contributed by atoms with Gasteiger partial charge in [0.15, 0.2) is 5.01 Å². The predicted octanol–water partition coefficient (Wildman–Crippen LogP) is 3.53. The number of aromatic nitrogens is 4. The summed E-state index contributed by atoms with van der Waals surface area (Å²) in [6, 6.07) is 6.10. The van der Waals surface area contributed by atoms with E-state index in [0.717, 1.165) is 16.0 Å². The lowest BCUT2D eigenvalue weighted by molar-refractivity contribution is 0.0894. The normalized spacial score (nSPS) is 14.7. The maximum Gasteiger partial charge on any atom is 0.280 e. The molecule has 4 heterocycles. The summed E-state index contributed by atoms with van der Waals surface area (Å²) >= 11 is 7.35. The zero-order valence-corrected chi connectivity index (χ0v) is 20.9. The number of methoxy groups -OCH3 is 1. The smallest absolute Gasteiger partial charge is 0.280 e. The van der Waals surface area contributed by atoms with Crippen LogP contribution in [0.1, 0.15) is 34.4 Å². The molecule has 13 heteroatoms. The number of carbonyl (C=O) groups is 1. The number of rotatable bonds is 9. The molecule has 0 aromatic carbocycles. The van der Waals surface area contributed by atoms with E-state index in [9.17, 15) is 13.2 Å². The molecule has 182 valence electrons. The van der Waals surface area contributed by atoms with Crippen LogP contribution in [0.15, 0.2) is 49.1 Å². The lowest BCUT2D eigenvalue weighted by Gasteiger charge is -2.18. The van der Waals surface area contributed by atoms with Gasteiger partial charge in [-0.05, 0) is 37.1 Å². The van der Waals surface area contributed by atoms with Crippen LogP contribution in [-0.2, 0) is 14.8 Å². The highest BCUT2D eigenvalue weighted by Gasteiger charge is 2.35. The van der Waals surface area contributed by atoms with E-state index < -0.39 is 22.0 Å². The number of hydrogen-bond donors (Lipinski definition) is 2. The molecule has 35 heavy (non-hydrogen) atoms. The standard InChI is InChI=1S/C22H21ClN6O4S2/c1-33-12-18(17-9-14(4-6-24-17)28-35(31,32)15-2-3-15)27-21(30)22-25-11-20(34-22)16-10-26-29-7-5-13(23)8-19(16)29/h4-11,15,18H,2-3,12H2,1H3,(H,24,28)(H,27,30)/t18-/m1/s1. The summed E-state index contributed by atoms with van der Waals surface area (Å²) < 4.78 is 34.1. The van der Waals surface area contributed by atoms with Crippen molar-refractivity contribution in [2.24, 2.45) is 0 Å². The summed E-state index contributed by atoms with van der Waals surface area (Å²) in [6.07, 6.45) is 7.90. The second-order valence-corrected chi connectivity index (χ2v) is 11.5. The number of hydrogen-bond acceptors (Lipinski definition) is 8. The summed E-state index contributed by atoms with van der Waals surface area (Å²) in [4.78, 5) is 22.4. The quantitative estimate of drug-likeness (QED) is 0.337. The highest BCUT2D eigenvalue weighted by atomic mass is 35.5. The fraction of sp³-hybridized carbons (Fsp3) is 0.273. The molecule has 10 nitrogen and oxygen atoms in total. The molecular weight excluding hydrogens is 512 g/mol. The van der Waals surface area contributed by atoms with Gasteiger partial charge in [-0.15, -0.1) is 11.3 Å². The third kappa shape index (κ3) is 5.15. The Hall–Kier alpha value is -3.06. The van der Waals surface area contributed by atoms with Crippen LogP contribution in [0.25, 0.3) is 16.0 Å². The molecule has 0 unspecified atom stereocenters. The average Bonchev–Trinajstić information content (AvgIpc) is 3.45. The average molecular weight is 533 g/mol. The van der Waals surface area contributed by atoms with Gasteiger partial charge in [0, 0.05) is 36.3 Å². The van der Waals surface area contributed by atoms with Crippen molar-refractivity contribution in [3.63, 3.8) is 0 Å². The maximum atomic E-state index is 13.0. The molecule has 0 aliphatic heterocycles. The van der Waals surface area contributed by atoms with Gasteiger partial charge in [0.05, 0.1) is 45.9 Å². The van der Waals surface area contributed by atoms with Crippen molar-refractivity contribution in [1.29, 1.82) is 0 Å². The van der Waals surface area contributed by atoms with E-state index in [1.54, 1.807) is 47.4 Å². The van der Waals surface area contributed by atoms with E-state index >= 15 is 0 Å². The first-order valence-electron chi connectivity index (χ1n) is 10.7. The zero-order chi connectivity index (χ0) is 24.6. The van der Waals surface area contributed by atoms with Gasteiger partial charge in [0.25, 0.3) is 5.91 Å². The number of nitrogens with zero attached hydrogens (tertiary/aromatic N) is 4. The van der Waals surface area contributed by atoms with Crippen LogP contribution in [0, 0.1) is 0 Å². The molecule has 2 N–H and O–H groups in total. The molecule has 0 saturated heterocycles. The number of anilines is 1. The Labute approximate surface area is 210 Å². The molecule has 1 atom stereocenters. The van der Waals surface area contributed by atoms with Gasteiger partial charge in [0.2, 0.25) is 10.0 Å². The summed E-state index contributed by atoms with van der Waals surface area (Å²) in [5.41, 5.74) is 2.47. The van der Waals surface area contributed by atoms with E-state index in [1.807, 2.05) is 0 Å². The first-order valence-corrected chi connectivity index (χ1v) is 13.4. The molecule has 0 spiro atoms. The summed E-state index contributed by atoms with van der Waals surface area (Å²) in [5, 5.41) is 7.69. The maximum absolute atomic E-state index is 13.0. The molecule has 5 rings (SSSR count). The highest BCUT2D eigenvalue weighted by molar-refractivity contribution is 7.93. The minimum absolute atomic E-state index is 0.141. The Morgan fingerprint density at radius 1 is 1.29 bits per heavy atom. The highest BCUT2D eigenvalue weighted by Crippen LogP contribution is 2.32. The molecular formula is C22H21ClN6O4S2. The number of thiazole rings is 1. The van der Waals surface area contributed by atoms with Crippen molar-refractivity contribution in [1.82, 2.24) is 24.9 Å². The van der Waals surface area contributed by atoms with Crippen molar-refractivity contribution < 1.29 is 17.9 Å². The molecule has 1 fully saturated rings. The van der Waals surface area contributed by atoms with Crippen LogP contribution in [0.5, 0.6) is 0 Å². The van der Waals surface area contributed by atoms with Crippen molar-refractivity contribution in [2.75, 3.05) is 18.4 Å². The lowest BCUT2D eigenvalue weighted by Crippen LogP contribution is -2.32. The fourth-order valence-electron chi connectivity index (χ4n) is 3.56. The molecule has 1 aliphatic rings. The van der Waals surface area contributed by atoms with Gasteiger partial charge in [-0.3, -0.25) is 14.5 Å². The minimum Gasteiger partial charge on any atom is -0.382 e. The van der Waals surface area contributed by atoms with E-state index in [-0.39, 0.29) is 16.9 Å². The number of fused-ring (bicyclic) bond motifs is 1. The molecule has 0 bridgehead atoms. The molecule has 4 aromatic rings. The minimum atomic E-state index is -3.42. The van der Waals surface area contributed by atoms with Crippen LogP contribution in [0.3, 0.4) is 0 Å². The number of pyridine rings is 2. The molecule has 0 radical (unpaired) electrons. The predicted molar refractivity (Wildman–Crippen MR) is 133 cm³/mol. The number of sulfonamides is 1.